The molecule has 1 atom stereocenters. The number of carbonyl (C=O) groups excluding carboxylic acids is 1. The molecule has 1 aromatic heterocycles. The van der Waals surface area contributed by atoms with E-state index in [-0.39, 0.29) is 29.3 Å². The summed E-state index contributed by atoms with van der Waals surface area (Å²) >= 11 is 0. The minimum Gasteiger partial charge on any atom is -0.494 e. The lowest BCUT2D eigenvalue weighted by atomic mass is 9.96. The fraction of sp³-hybridized carbons (Fsp3) is 0.350. The summed E-state index contributed by atoms with van der Waals surface area (Å²) in [6.45, 7) is 4.10. The third-order valence-corrected chi connectivity index (χ3v) is 4.72. The summed E-state index contributed by atoms with van der Waals surface area (Å²) in [5.41, 5.74) is 0.765. The lowest BCUT2D eigenvalue weighted by Gasteiger charge is -2.18. The number of pyridine rings is 1. The van der Waals surface area contributed by atoms with Crippen LogP contribution in [-0.4, -0.2) is 28.2 Å². The van der Waals surface area contributed by atoms with Crippen molar-refractivity contribution in [1.29, 1.82) is 5.26 Å². The highest BCUT2D eigenvalue weighted by Crippen LogP contribution is 2.26. The normalized spacial score (nSPS) is 16.4. The molecule has 2 aromatic rings. The maximum atomic E-state index is 13.0. The molecule has 134 valence electrons. The zero-order valence-electron chi connectivity index (χ0n) is 14.8. The zero-order valence-corrected chi connectivity index (χ0v) is 14.8. The van der Waals surface area contributed by atoms with Gasteiger partial charge in [-0.05, 0) is 38.3 Å². The summed E-state index contributed by atoms with van der Waals surface area (Å²) in [4.78, 5) is 25.6. The number of carbonyl (C=O) groups is 1. The van der Waals surface area contributed by atoms with Crippen LogP contribution >= 0.6 is 0 Å². The van der Waals surface area contributed by atoms with Gasteiger partial charge in [0.25, 0.3) is 5.56 Å². The molecule has 1 saturated heterocycles. The van der Waals surface area contributed by atoms with Crippen LogP contribution in [-0.2, 0) is 11.3 Å². The molecule has 1 N–H and O–H groups in total. The van der Waals surface area contributed by atoms with E-state index < -0.39 is 17.2 Å². The molecular weight excluding hydrogens is 332 g/mol. The first kappa shape index (κ1) is 17.9. The minimum atomic E-state index is -0.598. The second-order valence-electron chi connectivity index (χ2n) is 6.56. The molecule has 6 heteroatoms. The van der Waals surface area contributed by atoms with Crippen LogP contribution in [0.25, 0.3) is 0 Å². The van der Waals surface area contributed by atoms with E-state index >= 15 is 0 Å². The number of hydrogen-bond acceptors (Lipinski definition) is 5. The van der Waals surface area contributed by atoms with Gasteiger partial charge in [-0.1, -0.05) is 23.8 Å². The number of aromatic nitrogens is 1. The maximum absolute atomic E-state index is 13.0. The number of hydrogen-bond donors (Lipinski definition) is 1. The second kappa shape index (κ2) is 7.14. The molecule has 0 amide bonds. The Labute approximate surface area is 151 Å². The van der Waals surface area contributed by atoms with Gasteiger partial charge in [0.1, 0.15) is 11.6 Å². The van der Waals surface area contributed by atoms with E-state index in [9.17, 15) is 20.0 Å². The van der Waals surface area contributed by atoms with Crippen molar-refractivity contribution >= 4 is 5.78 Å². The fourth-order valence-corrected chi connectivity index (χ4v) is 3.31. The van der Waals surface area contributed by atoms with Crippen molar-refractivity contribution in [2.75, 3.05) is 6.61 Å². The molecule has 1 unspecified atom stereocenters. The molecule has 3 rings (SSSR count). The largest absolute Gasteiger partial charge is 0.494 e. The number of nitriles is 1. The van der Waals surface area contributed by atoms with Crippen LogP contribution in [0.15, 0.2) is 29.1 Å². The Balaban J connectivity index is 2.16. The number of nitrogens with zero attached hydrogens (tertiary/aromatic N) is 2. The molecule has 0 saturated carbocycles. The molecule has 6 nitrogen and oxygen atoms in total. The summed E-state index contributed by atoms with van der Waals surface area (Å²) in [6, 6.07) is 8.85. The second-order valence-corrected chi connectivity index (χ2v) is 6.56. The average Bonchev–Trinajstić information content (AvgIpc) is 3.12. The minimum absolute atomic E-state index is 0.00949. The van der Waals surface area contributed by atoms with E-state index in [1.54, 1.807) is 18.2 Å². The molecule has 1 aliphatic rings. The summed E-state index contributed by atoms with van der Waals surface area (Å²) < 4.78 is 6.62. The van der Waals surface area contributed by atoms with Gasteiger partial charge in [-0.3, -0.25) is 14.2 Å². The highest BCUT2D eigenvalue weighted by Gasteiger charge is 2.27. The van der Waals surface area contributed by atoms with Gasteiger partial charge in [-0.25, -0.2) is 0 Å². The summed E-state index contributed by atoms with van der Waals surface area (Å²) in [5, 5.41) is 20.1. The van der Waals surface area contributed by atoms with Crippen molar-refractivity contribution in [2.45, 2.75) is 39.3 Å². The first-order chi connectivity index (χ1) is 12.4. The average molecular weight is 352 g/mol. The smallest absolute Gasteiger partial charge is 0.271 e. The fourth-order valence-electron chi connectivity index (χ4n) is 3.31. The highest BCUT2D eigenvalue weighted by molar-refractivity contribution is 6.11. The van der Waals surface area contributed by atoms with Gasteiger partial charge in [-0.15, -0.1) is 0 Å². The van der Waals surface area contributed by atoms with E-state index in [1.807, 2.05) is 19.1 Å². The van der Waals surface area contributed by atoms with Crippen LogP contribution in [0, 0.1) is 25.2 Å². The Kier molecular flexibility index (Phi) is 4.92. The van der Waals surface area contributed by atoms with Crippen LogP contribution < -0.4 is 5.56 Å². The number of aryl methyl sites for hydroxylation is 1. The number of ether oxygens (including phenoxy) is 1. The molecule has 1 aromatic carbocycles. The molecule has 0 bridgehead atoms. The van der Waals surface area contributed by atoms with E-state index in [4.69, 9.17) is 4.74 Å². The van der Waals surface area contributed by atoms with E-state index in [2.05, 4.69) is 0 Å². The zero-order chi connectivity index (χ0) is 18.8. The standard InChI is InChI=1S/C20H20N2O4/c1-12-5-3-6-14(9-12)18(23)17-13(2)16(10-21)19(24)22(20(17)25)11-15-7-4-8-26-15/h3,5-6,9,15,25H,4,7-8,11H2,1-2H3. The van der Waals surface area contributed by atoms with E-state index in [0.29, 0.717) is 12.2 Å². The Morgan fingerprint density at radius 1 is 1.42 bits per heavy atom. The van der Waals surface area contributed by atoms with Gasteiger partial charge < -0.3 is 9.84 Å². The van der Waals surface area contributed by atoms with Crippen LogP contribution in [0.4, 0.5) is 0 Å². The van der Waals surface area contributed by atoms with Crippen molar-refractivity contribution in [3.8, 4) is 11.9 Å². The van der Waals surface area contributed by atoms with Gasteiger partial charge in [0, 0.05) is 12.2 Å². The van der Waals surface area contributed by atoms with E-state index in [1.165, 1.54) is 6.92 Å². The Morgan fingerprint density at radius 3 is 2.81 bits per heavy atom. The predicted molar refractivity (Wildman–Crippen MR) is 95.4 cm³/mol. The van der Waals surface area contributed by atoms with Crippen molar-refractivity contribution in [1.82, 2.24) is 4.57 Å². The number of rotatable bonds is 4. The lowest BCUT2D eigenvalue weighted by molar-refractivity contribution is 0.0929. The Morgan fingerprint density at radius 2 is 2.19 bits per heavy atom. The third kappa shape index (κ3) is 3.14. The lowest BCUT2D eigenvalue weighted by Crippen LogP contribution is -2.30. The van der Waals surface area contributed by atoms with Crippen molar-refractivity contribution in [3.05, 3.63) is 62.4 Å². The topological polar surface area (TPSA) is 92.3 Å². The highest BCUT2D eigenvalue weighted by atomic mass is 16.5. The Bertz CT molecular complexity index is 963. The summed E-state index contributed by atoms with van der Waals surface area (Å²) in [6.07, 6.45) is 1.43. The van der Waals surface area contributed by atoms with Gasteiger partial charge in [0.15, 0.2) is 5.78 Å². The molecular formula is C20H20N2O4. The van der Waals surface area contributed by atoms with Gasteiger partial charge >= 0.3 is 0 Å². The van der Waals surface area contributed by atoms with Crippen LogP contribution in [0.5, 0.6) is 5.88 Å². The number of benzene rings is 1. The monoisotopic (exact) mass is 352 g/mol. The first-order valence-electron chi connectivity index (χ1n) is 8.53. The molecule has 0 spiro atoms. The molecule has 0 aliphatic carbocycles. The van der Waals surface area contributed by atoms with Gasteiger partial charge in [-0.2, -0.15) is 5.26 Å². The molecule has 1 aliphatic heterocycles. The van der Waals surface area contributed by atoms with Crippen molar-refractivity contribution < 1.29 is 14.6 Å². The molecule has 2 heterocycles. The number of aromatic hydroxyl groups is 1. The molecule has 0 radical (unpaired) electrons. The quantitative estimate of drug-likeness (QED) is 0.853. The maximum Gasteiger partial charge on any atom is 0.271 e. The third-order valence-electron chi connectivity index (χ3n) is 4.72. The van der Waals surface area contributed by atoms with Gasteiger partial charge in [0.05, 0.1) is 18.2 Å². The van der Waals surface area contributed by atoms with Crippen molar-refractivity contribution in [3.63, 3.8) is 0 Å². The Hall–Kier alpha value is -2.91. The van der Waals surface area contributed by atoms with E-state index in [0.717, 1.165) is 23.0 Å². The van der Waals surface area contributed by atoms with Crippen LogP contribution in [0.2, 0.25) is 0 Å². The molecule has 26 heavy (non-hydrogen) atoms. The van der Waals surface area contributed by atoms with Crippen molar-refractivity contribution in [2.24, 2.45) is 0 Å². The molecule has 1 fully saturated rings. The van der Waals surface area contributed by atoms with Crippen LogP contribution in [0.1, 0.15) is 45.5 Å². The SMILES string of the molecule is Cc1cccc(C(=O)c2c(C)c(C#N)c(=O)n(CC3CCCO3)c2O)c1. The van der Waals surface area contributed by atoms with Gasteiger partial charge in [0.2, 0.25) is 5.88 Å². The number of ketones is 1. The predicted octanol–water partition coefficient (Wildman–Crippen LogP) is 2.45. The summed E-state index contributed by atoms with van der Waals surface area (Å²) in [7, 11) is 0. The first-order valence-corrected chi connectivity index (χ1v) is 8.53. The summed E-state index contributed by atoms with van der Waals surface area (Å²) in [5.74, 6) is -0.824. The van der Waals surface area contributed by atoms with Crippen LogP contribution in [0.3, 0.4) is 0 Å².